The summed E-state index contributed by atoms with van der Waals surface area (Å²) in [5.74, 6) is -1.01. The van der Waals surface area contributed by atoms with Crippen LogP contribution >= 0.6 is 0 Å². The molecule has 1 rings (SSSR count). The molecule has 4 N–H and O–H groups in total. The minimum absolute atomic E-state index is 0.364. The van der Waals surface area contributed by atoms with Gasteiger partial charge in [0.05, 0.1) is 5.69 Å². The molecule has 0 fully saturated rings. The number of hydrogen-bond donors (Lipinski definition) is 2. The molecule has 0 aromatic carbocycles. The monoisotopic (exact) mass is 209 g/mol. The number of anilines is 1. The van der Waals surface area contributed by atoms with Crippen molar-refractivity contribution in [3.63, 3.8) is 0 Å². The molecule has 0 spiro atoms. The number of alkyl halides is 3. The van der Waals surface area contributed by atoms with Crippen molar-refractivity contribution in [3.8, 4) is 0 Å². The average molecular weight is 209 g/mol. The van der Waals surface area contributed by atoms with E-state index in [1.54, 1.807) is 0 Å². The summed E-state index contributed by atoms with van der Waals surface area (Å²) in [7, 11) is 0. The van der Waals surface area contributed by atoms with Crippen molar-refractivity contribution in [1.29, 1.82) is 0 Å². The predicted octanol–water partition coefficient (Wildman–Crippen LogP) is 1.36. The highest BCUT2D eigenvalue weighted by atomic mass is 19.4. The van der Waals surface area contributed by atoms with E-state index >= 15 is 0 Å². The Hall–Kier alpha value is -1.37. The standard InChI is InChI=1S/C7H7F4N3/c8-6-4(12)1-3(2-14-6)5(13)7(9,10)11/h1-2,5H,12-13H2/t5-/m1/s1. The number of halogens is 4. The van der Waals surface area contributed by atoms with Gasteiger partial charge in [-0.2, -0.15) is 17.6 Å². The van der Waals surface area contributed by atoms with Crippen molar-refractivity contribution in [1.82, 2.24) is 4.98 Å². The molecule has 78 valence electrons. The number of rotatable bonds is 1. The van der Waals surface area contributed by atoms with Crippen LogP contribution < -0.4 is 11.5 Å². The smallest absolute Gasteiger partial charge is 0.395 e. The van der Waals surface area contributed by atoms with Crippen LogP contribution in [-0.4, -0.2) is 11.2 Å². The van der Waals surface area contributed by atoms with E-state index in [4.69, 9.17) is 11.5 Å². The van der Waals surface area contributed by atoms with E-state index in [0.717, 1.165) is 6.07 Å². The molecule has 1 atom stereocenters. The Bertz CT molecular complexity index is 336. The first kappa shape index (κ1) is 10.7. The topological polar surface area (TPSA) is 64.9 Å². The molecule has 1 aromatic heterocycles. The molecule has 1 aromatic rings. The number of aromatic nitrogens is 1. The molecule has 0 unspecified atom stereocenters. The van der Waals surface area contributed by atoms with Crippen molar-refractivity contribution < 1.29 is 17.6 Å². The van der Waals surface area contributed by atoms with Gasteiger partial charge in [-0.3, -0.25) is 0 Å². The van der Waals surface area contributed by atoms with Gasteiger partial charge in [0.1, 0.15) is 6.04 Å². The zero-order chi connectivity index (χ0) is 10.9. The first-order valence-electron chi connectivity index (χ1n) is 3.55. The van der Waals surface area contributed by atoms with E-state index in [1.807, 2.05) is 0 Å². The minimum Gasteiger partial charge on any atom is -0.395 e. The number of nitrogen functional groups attached to an aromatic ring is 1. The maximum absolute atomic E-state index is 12.5. The molecule has 0 amide bonds. The van der Waals surface area contributed by atoms with Gasteiger partial charge in [0.25, 0.3) is 0 Å². The fourth-order valence-electron chi connectivity index (χ4n) is 0.841. The number of pyridine rings is 1. The van der Waals surface area contributed by atoms with Gasteiger partial charge < -0.3 is 11.5 Å². The van der Waals surface area contributed by atoms with Crippen LogP contribution in [0, 0.1) is 5.95 Å². The van der Waals surface area contributed by atoms with E-state index < -0.39 is 23.9 Å². The summed E-state index contributed by atoms with van der Waals surface area (Å²) in [6, 6.07) is -1.38. The molecule has 3 nitrogen and oxygen atoms in total. The van der Waals surface area contributed by atoms with Gasteiger partial charge in [0.2, 0.25) is 5.95 Å². The first-order valence-corrected chi connectivity index (χ1v) is 3.55. The van der Waals surface area contributed by atoms with Gasteiger partial charge in [-0.1, -0.05) is 0 Å². The molecule has 0 radical (unpaired) electrons. The van der Waals surface area contributed by atoms with Crippen molar-refractivity contribution in [2.45, 2.75) is 12.2 Å². The molecular formula is C7H7F4N3. The lowest BCUT2D eigenvalue weighted by Crippen LogP contribution is -2.28. The summed E-state index contributed by atoms with van der Waals surface area (Å²) in [4.78, 5) is 3.04. The molecule has 0 aliphatic heterocycles. The Balaban J connectivity index is 3.03. The van der Waals surface area contributed by atoms with Crippen LogP contribution in [0.25, 0.3) is 0 Å². The number of nitrogens with two attached hydrogens (primary N) is 2. The predicted molar refractivity (Wildman–Crippen MR) is 41.6 cm³/mol. The van der Waals surface area contributed by atoms with Crippen LogP contribution in [0.4, 0.5) is 23.2 Å². The maximum Gasteiger partial charge on any atom is 0.407 e. The van der Waals surface area contributed by atoms with Gasteiger partial charge in [-0.15, -0.1) is 0 Å². The summed E-state index contributed by atoms with van der Waals surface area (Å²) < 4.78 is 48.7. The van der Waals surface area contributed by atoms with Gasteiger partial charge in [0.15, 0.2) is 0 Å². The van der Waals surface area contributed by atoms with Crippen LogP contribution in [0.15, 0.2) is 12.3 Å². The van der Waals surface area contributed by atoms with Crippen molar-refractivity contribution >= 4 is 5.69 Å². The van der Waals surface area contributed by atoms with Crippen LogP contribution in [0.1, 0.15) is 11.6 Å². The van der Waals surface area contributed by atoms with E-state index in [0.29, 0.717) is 6.20 Å². The Morgan fingerprint density at radius 2 is 1.93 bits per heavy atom. The first-order chi connectivity index (χ1) is 6.32. The van der Waals surface area contributed by atoms with Crippen LogP contribution in [0.2, 0.25) is 0 Å². The molecular weight excluding hydrogens is 202 g/mol. The normalized spacial score (nSPS) is 14.1. The van der Waals surface area contributed by atoms with E-state index in [2.05, 4.69) is 4.98 Å². The Morgan fingerprint density at radius 3 is 2.36 bits per heavy atom. The second-order valence-corrected chi connectivity index (χ2v) is 2.67. The summed E-state index contributed by atoms with van der Waals surface area (Å²) in [5.41, 5.74) is 9.07. The molecule has 1 heterocycles. The molecule has 0 bridgehead atoms. The average Bonchev–Trinajstić information content (AvgIpc) is 2.07. The van der Waals surface area contributed by atoms with Crippen molar-refractivity contribution in [3.05, 3.63) is 23.8 Å². The lowest BCUT2D eigenvalue weighted by molar-refractivity contribution is -0.149. The van der Waals surface area contributed by atoms with Crippen LogP contribution in [0.5, 0.6) is 0 Å². The van der Waals surface area contributed by atoms with Crippen LogP contribution in [0.3, 0.4) is 0 Å². The molecule has 0 saturated carbocycles. The van der Waals surface area contributed by atoms with Gasteiger partial charge in [-0.05, 0) is 11.6 Å². The lowest BCUT2D eigenvalue weighted by Gasteiger charge is -2.15. The molecule has 0 aliphatic carbocycles. The zero-order valence-electron chi connectivity index (χ0n) is 6.85. The van der Waals surface area contributed by atoms with Gasteiger partial charge in [-0.25, -0.2) is 4.98 Å². The lowest BCUT2D eigenvalue weighted by atomic mass is 10.1. The zero-order valence-corrected chi connectivity index (χ0v) is 6.85. The summed E-state index contributed by atoms with van der Waals surface area (Å²) in [5, 5.41) is 0. The van der Waals surface area contributed by atoms with E-state index in [1.165, 1.54) is 0 Å². The second kappa shape index (κ2) is 3.41. The third-order valence-corrected chi connectivity index (χ3v) is 1.60. The summed E-state index contributed by atoms with van der Waals surface area (Å²) in [6.07, 6.45) is -3.88. The second-order valence-electron chi connectivity index (χ2n) is 2.67. The molecule has 14 heavy (non-hydrogen) atoms. The summed E-state index contributed by atoms with van der Waals surface area (Å²) in [6.45, 7) is 0. The number of hydrogen-bond acceptors (Lipinski definition) is 3. The molecule has 0 saturated heterocycles. The quantitative estimate of drug-likeness (QED) is 0.542. The van der Waals surface area contributed by atoms with E-state index in [-0.39, 0.29) is 5.56 Å². The SMILES string of the molecule is Nc1cc([C@@H](N)C(F)(F)F)cnc1F. The van der Waals surface area contributed by atoms with Gasteiger partial charge in [0, 0.05) is 6.20 Å². The Labute approximate surface area is 76.7 Å². The van der Waals surface area contributed by atoms with Crippen molar-refractivity contribution in [2.75, 3.05) is 5.73 Å². The third-order valence-electron chi connectivity index (χ3n) is 1.60. The Kier molecular flexibility index (Phi) is 2.61. The third kappa shape index (κ3) is 2.11. The summed E-state index contributed by atoms with van der Waals surface area (Å²) >= 11 is 0. The fourth-order valence-corrected chi connectivity index (χ4v) is 0.841. The Morgan fingerprint density at radius 1 is 1.36 bits per heavy atom. The molecule has 0 aliphatic rings. The van der Waals surface area contributed by atoms with Gasteiger partial charge >= 0.3 is 6.18 Å². The number of nitrogens with zero attached hydrogens (tertiary/aromatic N) is 1. The fraction of sp³-hybridized carbons (Fsp3) is 0.286. The van der Waals surface area contributed by atoms with Crippen LogP contribution in [-0.2, 0) is 0 Å². The maximum atomic E-state index is 12.5. The minimum atomic E-state index is -4.59. The molecule has 7 heteroatoms. The largest absolute Gasteiger partial charge is 0.407 e. The highest BCUT2D eigenvalue weighted by Gasteiger charge is 2.38. The highest BCUT2D eigenvalue weighted by molar-refractivity contribution is 5.39. The van der Waals surface area contributed by atoms with E-state index in [9.17, 15) is 17.6 Å². The van der Waals surface area contributed by atoms with Crippen molar-refractivity contribution in [2.24, 2.45) is 5.73 Å². The highest BCUT2D eigenvalue weighted by Crippen LogP contribution is 2.30.